The van der Waals surface area contributed by atoms with Gasteiger partial charge in [0.2, 0.25) is 0 Å². The topological polar surface area (TPSA) is 35.5 Å². The summed E-state index contributed by atoms with van der Waals surface area (Å²) in [6.07, 6.45) is -1.17. The van der Waals surface area contributed by atoms with E-state index in [1.165, 1.54) is 6.92 Å². The maximum atomic E-state index is 12.2. The first kappa shape index (κ1) is 6.75. The number of ether oxygens (including phenoxy) is 2. The van der Waals surface area contributed by atoms with Gasteiger partial charge in [0.1, 0.15) is 12.3 Å². The minimum absolute atomic E-state index is 0.375. The van der Waals surface area contributed by atoms with Gasteiger partial charge in [-0.3, -0.25) is 0 Å². The van der Waals surface area contributed by atoms with Crippen LogP contribution >= 0.6 is 0 Å². The van der Waals surface area contributed by atoms with Gasteiger partial charge in [0.25, 0.3) is 0 Å². The van der Waals surface area contributed by atoms with Gasteiger partial charge >= 0.3 is 5.97 Å². The third-order valence-electron chi connectivity index (χ3n) is 2.14. The van der Waals surface area contributed by atoms with Crippen molar-refractivity contribution in [2.75, 3.05) is 0 Å². The van der Waals surface area contributed by atoms with Crippen molar-refractivity contribution in [2.45, 2.75) is 19.6 Å². The Kier molecular flexibility index (Phi) is 2.34. The van der Waals surface area contributed by atoms with Crippen LogP contribution in [0.2, 0.25) is 0 Å². The van der Waals surface area contributed by atoms with Crippen molar-refractivity contribution in [1.29, 1.82) is 0 Å². The standard InChI is InChI=1S/C16H16O3/c1-13(19-15-10-6-3-7-11-15)16(17)18-12-14-8-4-2-5-9-14/h2-11,13H,12H2,1H3/i2D,4D,5D,8D,9D,12D2. The Labute approximate surface area is 122 Å². The first-order valence-corrected chi connectivity index (χ1v) is 5.58. The third kappa shape index (κ3) is 4.14. The maximum absolute atomic E-state index is 12.2. The van der Waals surface area contributed by atoms with E-state index in [0.717, 1.165) is 0 Å². The molecule has 2 aromatic rings. The lowest BCUT2D eigenvalue weighted by molar-refractivity contribution is -0.152. The Morgan fingerprint density at radius 2 is 1.95 bits per heavy atom. The van der Waals surface area contributed by atoms with Crippen molar-refractivity contribution in [3.05, 3.63) is 66.1 Å². The average Bonchev–Trinajstić information content (AvgIpc) is 2.58. The second-order valence-electron chi connectivity index (χ2n) is 3.60. The Hall–Kier alpha value is -2.29. The molecule has 2 rings (SSSR count). The summed E-state index contributed by atoms with van der Waals surface area (Å²) in [5.41, 5.74) is -0.747. The zero-order valence-electron chi connectivity index (χ0n) is 17.2. The molecule has 0 fully saturated rings. The molecule has 1 unspecified atom stereocenters. The molecule has 0 aliphatic heterocycles. The van der Waals surface area contributed by atoms with Crippen molar-refractivity contribution in [3.63, 3.8) is 0 Å². The monoisotopic (exact) mass is 263 g/mol. The fourth-order valence-electron chi connectivity index (χ4n) is 1.24. The van der Waals surface area contributed by atoms with Gasteiger partial charge in [0.15, 0.2) is 6.10 Å². The highest BCUT2D eigenvalue weighted by Gasteiger charge is 2.16. The van der Waals surface area contributed by atoms with Crippen LogP contribution in [0.1, 0.15) is 22.1 Å². The van der Waals surface area contributed by atoms with Gasteiger partial charge in [-0.15, -0.1) is 0 Å². The van der Waals surface area contributed by atoms with Gasteiger partial charge < -0.3 is 9.47 Å². The summed E-state index contributed by atoms with van der Waals surface area (Å²) in [7, 11) is 0. The van der Waals surface area contributed by atoms with Crippen LogP contribution in [0.3, 0.4) is 0 Å². The summed E-state index contributed by atoms with van der Waals surface area (Å²) in [5.74, 6) is -0.703. The number of esters is 1. The Balaban J connectivity index is 2.27. The Morgan fingerprint density at radius 1 is 1.26 bits per heavy atom. The van der Waals surface area contributed by atoms with E-state index in [1.54, 1.807) is 30.3 Å². The zero-order valence-corrected chi connectivity index (χ0v) is 10.2. The van der Waals surface area contributed by atoms with E-state index in [4.69, 9.17) is 19.1 Å². The van der Waals surface area contributed by atoms with Crippen LogP contribution in [0.5, 0.6) is 5.75 Å². The quantitative estimate of drug-likeness (QED) is 0.777. The number of hydrogen-bond donors (Lipinski definition) is 0. The van der Waals surface area contributed by atoms with Crippen LogP contribution in [-0.4, -0.2) is 12.1 Å². The van der Waals surface area contributed by atoms with E-state index in [1.807, 2.05) is 0 Å². The van der Waals surface area contributed by atoms with Gasteiger partial charge in [0, 0.05) is 0 Å². The molecule has 3 heteroatoms. The zero-order chi connectivity index (χ0) is 19.6. The molecule has 98 valence electrons. The normalized spacial score (nSPS) is 17.6. The number of rotatable bonds is 5. The summed E-state index contributed by atoms with van der Waals surface area (Å²) in [5, 5.41) is 0. The predicted molar refractivity (Wildman–Crippen MR) is 72.8 cm³/mol. The number of para-hydroxylation sites is 1. The summed E-state index contributed by atoms with van der Waals surface area (Å²) >= 11 is 0. The van der Waals surface area contributed by atoms with Crippen LogP contribution in [0.25, 0.3) is 0 Å². The summed E-state index contributed by atoms with van der Waals surface area (Å²) in [6.45, 7) is -1.58. The second kappa shape index (κ2) is 6.59. The highest BCUT2D eigenvalue weighted by Crippen LogP contribution is 2.12. The molecule has 0 aromatic heterocycles. The number of carbonyl (C=O) groups is 1. The van der Waals surface area contributed by atoms with E-state index in [0.29, 0.717) is 5.75 Å². The van der Waals surface area contributed by atoms with E-state index in [2.05, 4.69) is 0 Å². The fraction of sp³-hybridized carbons (Fsp3) is 0.188. The Morgan fingerprint density at radius 3 is 2.63 bits per heavy atom. The van der Waals surface area contributed by atoms with Crippen molar-refractivity contribution >= 4 is 5.97 Å². The highest BCUT2D eigenvalue weighted by atomic mass is 16.6. The molecule has 0 spiro atoms. The molecule has 0 bridgehead atoms. The lowest BCUT2D eigenvalue weighted by Crippen LogP contribution is -2.25. The first-order valence-electron chi connectivity index (χ1n) is 9.08. The van der Waals surface area contributed by atoms with Crippen LogP contribution in [-0.2, 0) is 16.1 Å². The molecule has 3 nitrogen and oxygen atoms in total. The smallest absolute Gasteiger partial charge is 0.347 e. The summed E-state index contributed by atoms with van der Waals surface area (Å²) in [4.78, 5) is 12.2. The molecule has 0 saturated heterocycles. The lowest BCUT2D eigenvalue weighted by atomic mass is 10.2. The third-order valence-corrected chi connectivity index (χ3v) is 2.14. The highest BCUT2D eigenvalue weighted by molar-refractivity contribution is 5.74. The maximum Gasteiger partial charge on any atom is 0.347 e. The number of benzene rings is 2. The van der Waals surface area contributed by atoms with E-state index in [-0.39, 0.29) is 0 Å². The fourth-order valence-corrected chi connectivity index (χ4v) is 1.24. The lowest BCUT2D eigenvalue weighted by Gasteiger charge is -2.13. The SMILES string of the molecule is [2H]c1c([2H])c([2H])c(C([2H])([2H])OC(=O)C(C)Oc2ccccc2)c([2H])c1[2H]. The molecule has 0 heterocycles. The molecule has 0 radical (unpaired) electrons. The molecule has 0 N–H and O–H groups in total. The molecular weight excluding hydrogens is 240 g/mol. The van der Waals surface area contributed by atoms with Gasteiger partial charge in [-0.1, -0.05) is 48.4 Å². The predicted octanol–water partition coefficient (Wildman–Crippen LogP) is 3.20. The van der Waals surface area contributed by atoms with Gasteiger partial charge in [-0.2, -0.15) is 0 Å². The largest absolute Gasteiger partial charge is 0.479 e. The minimum atomic E-state index is -2.93. The number of carbonyl (C=O) groups excluding carboxylic acids is 1. The first-order chi connectivity index (χ1) is 12.1. The van der Waals surface area contributed by atoms with Crippen LogP contribution in [0, 0.1) is 0 Å². The van der Waals surface area contributed by atoms with Gasteiger partial charge in [-0.25, -0.2) is 4.79 Å². The van der Waals surface area contributed by atoms with Crippen LogP contribution < -0.4 is 4.74 Å². The summed E-state index contributed by atoms with van der Waals surface area (Å²) < 4.78 is 64.2. The molecule has 0 saturated carbocycles. The van der Waals surface area contributed by atoms with E-state index < -0.39 is 54.4 Å². The number of hydrogen-bond acceptors (Lipinski definition) is 3. The molecule has 2 aromatic carbocycles. The molecule has 0 aliphatic rings. The van der Waals surface area contributed by atoms with Gasteiger partial charge in [0.05, 0.1) is 9.60 Å². The molecule has 0 amide bonds. The molecular formula is C16H16O3. The molecule has 0 aliphatic carbocycles. The molecule has 1 atom stereocenters. The second-order valence-corrected chi connectivity index (χ2v) is 3.60. The van der Waals surface area contributed by atoms with Crippen LogP contribution in [0.15, 0.2) is 60.5 Å². The average molecular weight is 263 g/mol. The van der Waals surface area contributed by atoms with Crippen LogP contribution in [0.4, 0.5) is 0 Å². The van der Waals surface area contributed by atoms with E-state index >= 15 is 0 Å². The van der Waals surface area contributed by atoms with E-state index in [9.17, 15) is 4.79 Å². The minimum Gasteiger partial charge on any atom is -0.479 e. The Bertz CT molecular complexity index is 795. The van der Waals surface area contributed by atoms with Crippen molar-refractivity contribution in [3.8, 4) is 5.75 Å². The summed E-state index contributed by atoms with van der Waals surface area (Å²) in [6, 6.07) is 4.72. The molecule has 19 heavy (non-hydrogen) atoms. The van der Waals surface area contributed by atoms with Crippen molar-refractivity contribution in [1.82, 2.24) is 0 Å². The van der Waals surface area contributed by atoms with Crippen molar-refractivity contribution in [2.24, 2.45) is 0 Å². The van der Waals surface area contributed by atoms with Crippen molar-refractivity contribution < 1.29 is 23.9 Å². The van der Waals surface area contributed by atoms with Gasteiger partial charge in [-0.05, 0) is 24.6 Å².